The maximum absolute atomic E-state index is 12.6. The van der Waals surface area contributed by atoms with Gasteiger partial charge in [0.1, 0.15) is 0 Å². The first-order valence-electron chi connectivity index (χ1n) is 9.67. The molecule has 4 rings (SSSR count). The number of anilines is 1. The Morgan fingerprint density at radius 3 is 2.33 bits per heavy atom. The van der Waals surface area contributed by atoms with E-state index in [-0.39, 0.29) is 5.91 Å². The van der Waals surface area contributed by atoms with Gasteiger partial charge in [0.15, 0.2) is 5.92 Å². The van der Waals surface area contributed by atoms with Crippen molar-refractivity contribution in [2.24, 2.45) is 10.9 Å². The van der Waals surface area contributed by atoms with Crippen molar-refractivity contribution >= 4 is 29.2 Å². The number of halogens is 1. The zero-order valence-corrected chi connectivity index (χ0v) is 16.1. The molecule has 2 aliphatic heterocycles. The number of aliphatic imine (C=N–C) groups is 1. The lowest BCUT2D eigenvalue weighted by atomic mass is 9.72. The fourth-order valence-electron chi connectivity index (χ4n) is 4.45. The zero-order valence-electron chi connectivity index (χ0n) is 15.3. The summed E-state index contributed by atoms with van der Waals surface area (Å²) in [5.41, 5.74) is 0.625. The predicted molar refractivity (Wildman–Crippen MR) is 106 cm³/mol. The summed E-state index contributed by atoms with van der Waals surface area (Å²) in [6.45, 7) is 3.28. The molecule has 1 amide bonds. The monoisotopic (exact) mass is 385 g/mol. The minimum absolute atomic E-state index is 0.190. The molecule has 6 nitrogen and oxygen atoms in total. The summed E-state index contributed by atoms with van der Waals surface area (Å²) in [5, 5.41) is 13.2. The normalized spacial score (nSPS) is 25.0. The van der Waals surface area contributed by atoms with Crippen LogP contribution in [0, 0.1) is 17.2 Å². The Kier molecular flexibility index (Phi) is 4.96. The van der Waals surface area contributed by atoms with Crippen LogP contribution >= 0.6 is 11.6 Å². The average molecular weight is 386 g/mol. The Balaban J connectivity index is 1.49. The van der Waals surface area contributed by atoms with Crippen LogP contribution in [-0.4, -0.2) is 48.5 Å². The van der Waals surface area contributed by atoms with Crippen LogP contribution in [0.15, 0.2) is 29.3 Å². The second-order valence-corrected chi connectivity index (χ2v) is 8.04. The molecule has 1 saturated heterocycles. The lowest BCUT2D eigenvalue weighted by Gasteiger charge is -2.44. The molecule has 3 aliphatic rings. The first kappa shape index (κ1) is 18.1. The standard InChI is InChI=1S/C20H24ClN5O/c21-15-4-6-16(7-5-15)25-10-12-26(13-11-25)19-23-18(27)17(14-22)20(24-19)8-2-1-3-9-20/h4-7,17H,1-3,8-13H2,(H,23,24,27). The Morgan fingerprint density at radius 2 is 1.70 bits per heavy atom. The van der Waals surface area contributed by atoms with Crippen molar-refractivity contribution in [1.82, 2.24) is 10.2 Å². The summed E-state index contributed by atoms with van der Waals surface area (Å²) in [6.07, 6.45) is 4.88. The molecular weight excluding hydrogens is 362 g/mol. The van der Waals surface area contributed by atoms with E-state index in [0.29, 0.717) is 5.96 Å². The first-order chi connectivity index (χ1) is 13.1. The van der Waals surface area contributed by atoms with Crippen LogP contribution in [-0.2, 0) is 4.79 Å². The van der Waals surface area contributed by atoms with Gasteiger partial charge in [0.05, 0.1) is 11.6 Å². The van der Waals surface area contributed by atoms with Gasteiger partial charge < -0.3 is 9.80 Å². The molecule has 2 heterocycles. The maximum Gasteiger partial charge on any atom is 0.246 e. The van der Waals surface area contributed by atoms with E-state index in [1.54, 1.807) is 0 Å². The number of hydrogen-bond acceptors (Lipinski definition) is 5. The van der Waals surface area contributed by atoms with Gasteiger partial charge in [0, 0.05) is 36.9 Å². The van der Waals surface area contributed by atoms with Crippen LogP contribution in [0.1, 0.15) is 32.1 Å². The van der Waals surface area contributed by atoms with Crippen molar-refractivity contribution in [2.75, 3.05) is 31.1 Å². The van der Waals surface area contributed by atoms with Gasteiger partial charge in [-0.3, -0.25) is 10.1 Å². The SMILES string of the molecule is N#CC1C(=O)NC(N2CCN(c3ccc(Cl)cc3)CC2)=NC12CCCCC2. The van der Waals surface area contributed by atoms with Gasteiger partial charge in [-0.2, -0.15) is 5.26 Å². The second-order valence-electron chi connectivity index (χ2n) is 7.60. The topological polar surface area (TPSA) is 71.7 Å². The number of carbonyl (C=O) groups excluding carboxylic acids is 1. The number of piperazine rings is 1. The van der Waals surface area contributed by atoms with Crippen molar-refractivity contribution in [3.05, 3.63) is 29.3 Å². The number of nitrogens with one attached hydrogen (secondary N) is 1. The summed E-state index contributed by atoms with van der Waals surface area (Å²) >= 11 is 5.98. The molecule has 1 aromatic carbocycles. The summed E-state index contributed by atoms with van der Waals surface area (Å²) in [6, 6.07) is 10.1. The lowest BCUT2D eigenvalue weighted by Crippen LogP contribution is -2.60. The molecule has 1 aromatic rings. The zero-order chi connectivity index (χ0) is 18.9. The highest BCUT2D eigenvalue weighted by Crippen LogP contribution is 2.40. The van der Waals surface area contributed by atoms with E-state index >= 15 is 0 Å². The van der Waals surface area contributed by atoms with Crippen LogP contribution in [0.25, 0.3) is 0 Å². The molecule has 1 N–H and O–H groups in total. The van der Waals surface area contributed by atoms with Gasteiger partial charge >= 0.3 is 0 Å². The van der Waals surface area contributed by atoms with Gasteiger partial charge in [-0.05, 0) is 37.1 Å². The van der Waals surface area contributed by atoms with Crippen molar-refractivity contribution in [3.63, 3.8) is 0 Å². The summed E-state index contributed by atoms with van der Waals surface area (Å²) < 4.78 is 0. The molecule has 0 radical (unpaired) electrons. The van der Waals surface area contributed by atoms with Gasteiger partial charge in [-0.1, -0.05) is 30.9 Å². The highest BCUT2D eigenvalue weighted by atomic mass is 35.5. The number of carbonyl (C=O) groups is 1. The maximum atomic E-state index is 12.6. The van der Waals surface area contributed by atoms with Crippen molar-refractivity contribution in [1.29, 1.82) is 5.26 Å². The van der Waals surface area contributed by atoms with E-state index in [2.05, 4.69) is 21.2 Å². The summed E-state index contributed by atoms with van der Waals surface area (Å²) in [7, 11) is 0. The molecule has 27 heavy (non-hydrogen) atoms. The number of guanidine groups is 1. The molecule has 2 fully saturated rings. The summed E-state index contributed by atoms with van der Waals surface area (Å²) in [5.74, 6) is -0.203. The smallest absolute Gasteiger partial charge is 0.246 e. The van der Waals surface area contributed by atoms with Gasteiger partial charge in [0.25, 0.3) is 0 Å². The lowest BCUT2D eigenvalue weighted by molar-refractivity contribution is -0.125. The van der Waals surface area contributed by atoms with Crippen LogP contribution in [0.5, 0.6) is 0 Å². The average Bonchev–Trinajstić information content (AvgIpc) is 2.69. The number of rotatable bonds is 1. The molecule has 1 saturated carbocycles. The molecule has 7 heteroatoms. The molecule has 1 aliphatic carbocycles. The van der Waals surface area contributed by atoms with Crippen LogP contribution in [0.4, 0.5) is 5.69 Å². The van der Waals surface area contributed by atoms with E-state index in [1.807, 2.05) is 24.3 Å². The minimum atomic E-state index is -0.670. The molecule has 1 unspecified atom stereocenters. The van der Waals surface area contributed by atoms with E-state index in [9.17, 15) is 10.1 Å². The van der Waals surface area contributed by atoms with Crippen molar-refractivity contribution < 1.29 is 4.79 Å². The molecule has 0 aromatic heterocycles. The number of benzene rings is 1. The molecule has 1 spiro atoms. The van der Waals surface area contributed by atoms with Crippen LogP contribution < -0.4 is 10.2 Å². The fourth-order valence-corrected chi connectivity index (χ4v) is 4.58. The molecule has 0 bridgehead atoms. The van der Waals surface area contributed by atoms with Gasteiger partial charge in [-0.25, -0.2) is 4.99 Å². The largest absolute Gasteiger partial charge is 0.368 e. The highest BCUT2D eigenvalue weighted by Gasteiger charge is 2.48. The number of nitrogens with zero attached hydrogens (tertiary/aromatic N) is 4. The Hall–Kier alpha value is -2.26. The fraction of sp³-hybridized carbons (Fsp3) is 0.550. The van der Waals surface area contributed by atoms with Crippen molar-refractivity contribution in [2.45, 2.75) is 37.6 Å². The number of hydrogen-bond donors (Lipinski definition) is 1. The predicted octanol–water partition coefficient (Wildman–Crippen LogP) is 2.79. The third kappa shape index (κ3) is 3.49. The van der Waals surface area contributed by atoms with E-state index in [4.69, 9.17) is 16.6 Å². The minimum Gasteiger partial charge on any atom is -0.368 e. The Bertz CT molecular complexity index is 771. The number of amides is 1. The van der Waals surface area contributed by atoms with E-state index < -0.39 is 11.5 Å². The Labute approximate surface area is 164 Å². The third-order valence-electron chi connectivity index (χ3n) is 5.98. The van der Waals surface area contributed by atoms with E-state index in [1.165, 1.54) is 0 Å². The van der Waals surface area contributed by atoms with Gasteiger partial charge in [-0.15, -0.1) is 0 Å². The molecule has 142 valence electrons. The summed E-state index contributed by atoms with van der Waals surface area (Å²) in [4.78, 5) is 22.0. The second kappa shape index (κ2) is 7.40. The first-order valence-corrected chi connectivity index (χ1v) is 10.0. The van der Waals surface area contributed by atoms with Gasteiger partial charge in [0.2, 0.25) is 11.9 Å². The molecule has 1 atom stereocenters. The third-order valence-corrected chi connectivity index (χ3v) is 6.23. The highest BCUT2D eigenvalue weighted by molar-refractivity contribution is 6.30. The quantitative estimate of drug-likeness (QED) is 0.806. The molecular formula is C20H24ClN5O. The van der Waals surface area contributed by atoms with Crippen molar-refractivity contribution in [3.8, 4) is 6.07 Å². The van der Waals surface area contributed by atoms with E-state index in [0.717, 1.165) is 69.0 Å². The van der Waals surface area contributed by atoms with Crippen LogP contribution in [0.3, 0.4) is 0 Å². The Morgan fingerprint density at radius 1 is 1.07 bits per heavy atom. The number of nitriles is 1. The van der Waals surface area contributed by atoms with Crippen LogP contribution in [0.2, 0.25) is 5.02 Å².